The van der Waals surface area contributed by atoms with Gasteiger partial charge in [0.15, 0.2) is 0 Å². The quantitative estimate of drug-likeness (QED) is 0.440. The Morgan fingerprint density at radius 2 is 1.90 bits per heavy atom. The molecule has 2 aromatic rings. The minimum absolute atomic E-state index is 0.347. The number of para-hydroxylation sites is 1. The van der Waals surface area contributed by atoms with E-state index >= 15 is 0 Å². The van der Waals surface area contributed by atoms with Gasteiger partial charge in [0, 0.05) is 23.5 Å². The molecule has 0 radical (unpaired) electrons. The van der Waals surface area contributed by atoms with Crippen LogP contribution in [0.15, 0.2) is 30.5 Å². The van der Waals surface area contributed by atoms with Gasteiger partial charge < -0.3 is 25.6 Å². The zero-order valence-electron chi connectivity index (χ0n) is 10.4. The number of hydrogen-bond acceptors (Lipinski definition) is 3. The van der Waals surface area contributed by atoms with Crippen molar-refractivity contribution < 1.29 is 24.3 Å². The summed E-state index contributed by atoms with van der Waals surface area (Å²) in [5, 5.41) is 9.75. The van der Waals surface area contributed by atoms with E-state index in [1.54, 1.807) is 0 Å². The molecule has 0 aliphatic rings. The Morgan fingerprint density at radius 3 is 2.45 bits per heavy atom. The number of aromatic nitrogens is 1. The summed E-state index contributed by atoms with van der Waals surface area (Å²) in [4.78, 5) is 28.5. The average molecular weight is 301 g/mol. The first-order valence-electron chi connectivity index (χ1n) is 5.56. The van der Waals surface area contributed by atoms with Crippen molar-refractivity contribution in [2.75, 3.05) is 0 Å². The number of carboxylic acid groups (broad SMARTS) is 1. The van der Waals surface area contributed by atoms with Crippen molar-refractivity contribution in [2.45, 2.75) is 12.5 Å². The molecule has 0 amide bonds. The van der Waals surface area contributed by atoms with Crippen molar-refractivity contribution in [2.24, 2.45) is 11.2 Å². The fourth-order valence-corrected chi connectivity index (χ4v) is 1.62. The minimum Gasteiger partial charge on any atom is -0.480 e. The maximum atomic E-state index is 10.6. The van der Waals surface area contributed by atoms with E-state index in [1.165, 1.54) is 0 Å². The summed E-state index contributed by atoms with van der Waals surface area (Å²) in [6.45, 7) is 0. The first-order valence-corrected chi connectivity index (χ1v) is 7.24. The van der Waals surface area contributed by atoms with Gasteiger partial charge in [-0.15, -0.1) is 0 Å². The van der Waals surface area contributed by atoms with Crippen LogP contribution in [0.4, 0.5) is 0 Å². The third kappa shape index (κ3) is 5.52. The molecule has 0 spiro atoms. The molecule has 1 heterocycles. The molecule has 1 atom stereocenters. The van der Waals surface area contributed by atoms with Crippen LogP contribution in [-0.2, 0) is 15.8 Å². The molecule has 0 aliphatic heterocycles. The first-order chi connectivity index (χ1) is 9.18. The molecule has 110 valence electrons. The van der Waals surface area contributed by atoms with Gasteiger partial charge in [0.05, 0.1) is 0 Å². The van der Waals surface area contributed by atoms with Crippen LogP contribution in [0.5, 0.6) is 0 Å². The highest BCUT2D eigenvalue weighted by molar-refractivity contribution is 7.49. The van der Waals surface area contributed by atoms with Crippen molar-refractivity contribution in [3.05, 3.63) is 36.0 Å². The van der Waals surface area contributed by atoms with Crippen LogP contribution in [0.1, 0.15) is 5.56 Å². The van der Waals surface area contributed by atoms with Crippen molar-refractivity contribution in [3.8, 4) is 0 Å². The first kappa shape index (κ1) is 16.4. The number of carboxylic acids is 1. The number of nitrogens with two attached hydrogens (primary N) is 2. The summed E-state index contributed by atoms with van der Waals surface area (Å²) < 4.78 is 9.10. The lowest BCUT2D eigenvalue weighted by Gasteiger charge is -2.04. The summed E-state index contributed by atoms with van der Waals surface area (Å²) in [5.41, 5.74) is 11.5. The summed E-state index contributed by atoms with van der Waals surface area (Å²) >= 11 is 0. The number of aliphatic carboxylic acids is 1. The van der Waals surface area contributed by atoms with Gasteiger partial charge >= 0.3 is 13.7 Å². The van der Waals surface area contributed by atoms with Gasteiger partial charge in [0.25, 0.3) is 0 Å². The van der Waals surface area contributed by atoms with Crippen LogP contribution < -0.4 is 11.2 Å². The van der Waals surface area contributed by atoms with Gasteiger partial charge in [-0.05, 0) is 11.6 Å². The van der Waals surface area contributed by atoms with E-state index in [-0.39, 0.29) is 0 Å². The van der Waals surface area contributed by atoms with E-state index in [4.69, 9.17) is 25.2 Å². The maximum Gasteiger partial charge on any atom is 0.397 e. The van der Waals surface area contributed by atoms with Crippen LogP contribution >= 0.6 is 7.75 Å². The molecule has 8 nitrogen and oxygen atoms in total. The smallest absolute Gasteiger partial charge is 0.397 e. The third-order valence-electron chi connectivity index (χ3n) is 2.43. The fraction of sp³-hybridized carbons (Fsp3) is 0.182. The minimum atomic E-state index is -4.14. The molecule has 0 saturated carbocycles. The molecule has 20 heavy (non-hydrogen) atoms. The summed E-state index contributed by atoms with van der Waals surface area (Å²) in [5.74, 6) is -0.972. The van der Waals surface area contributed by atoms with Crippen LogP contribution in [0.25, 0.3) is 10.9 Å². The molecule has 0 aliphatic carbocycles. The van der Waals surface area contributed by atoms with Crippen molar-refractivity contribution >= 4 is 24.6 Å². The van der Waals surface area contributed by atoms with E-state index < -0.39 is 19.8 Å². The fourth-order valence-electron chi connectivity index (χ4n) is 1.62. The molecule has 1 aromatic heterocycles. The Balaban J connectivity index is 0.000000347. The van der Waals surface area contributed by atoms with Crippen LogP contribution in [-0.4, -0.2) is 31.9 Å². The van der Waals surface area contributed by atoms with E-state index in [1.807, 2.05) is 30.5 Å². The Hall–Kier alpha value is -1.70. The Morgan fingerprint density at radius 1 is 1.35 bits per heavy atom. The second-order valence-corrected chi connectivity index (χ2v) is 5.28. The SMILES string of the molecule is NP(=O)(O)O.N[C@@H](Cc1c[nH]c2ccccc12)C(=O)O. The lowest BCUT2D eigenvalue weighted by atomic mass is 10.1. The van der Waals surface area contributed by atoms with Crippen molar-refractivity contribution in [3.63, 3.8) is 0 Å². The van der Waals surface area contributed by atoms with E-state index in [0.29, 0.717) is 6.42 Å². The van der Waals surface area contributed by atoms with E-state index in [2.05, 4.69) is 10.5 Å². The average Bonchev–Trinajstić information content (AvgIpc) is 2.70. The predicted octanol–water partition coefficient (Wildman–Crippen LogP) is 0.160. The van der Waals surface area contributed by atoms with Crippen LogP contribution in [0.3, 0.4) is 0 Å². The summed E-state index contributed by atoms with van der Waals surface area (Å²) in [7, 11) is -4.14. The highest BCUT2D eigenvalue weighted by Crippen LogP contribution is 2.20. The molecular weight excluding hydrogens is 285 g/mol. The number of benzene rings is 1. The molecule has 0 saturated heterocycles. The van der Waals surface area contributed by atoms with Gasteiger partial charge in [-0.25, -0.2) is 10.1 Å². The lowest BCUT2D eigenvalue weighted by Crippen LogP contribution is -2.32. The molecule has 2 rings (SSSR count). The monoisotopic (exact) mass is 301 g/mol. The Bertz CT molecular complexity index is 628. The lowest BCUT2D eigenvalue weighted by molar-refractivity contribution is -0.138. The van der Waals surface area contributed by atoms with Gasteiger partial charge in [-0.1, -0.05) is 18.2 Å². The number of rotatable bonds is 3. The number of carbonyl (C=O) groups is 1. The molecule has 0 unspecified atom stereocenters. The molecule has 8 N–H and O–H groups in total. The summed E-state index contributed by atoms with van der Waals surface area (Å²) in [6, 6.07) is 6.91. The van der Waals surface area contributed by atoms with Gasteiger partial charge in [0.1, 0.15) is 6.04 Å². The number of nitrogens with one attached hydrogen (secondary N) is 1. The Kier molecular flexibility index (Phi) is 5.43. The molecule has 0 bridgehead atoms. The number of fused-ring (bicyclic) bond motifs is 1. The predicted molar refractivity (Wildman–Crippen MR) is 73.8 cm³/mol. The molecule has 0 fully saturated rings. The second-order valence-electron chi connectivity index (χ2n) is 4.10. The standard InChI is InChI=1S/C11H12N2O2.H4NO3P/c12-9(11(14)15)5-7-6-13-10-4-2-1-3-8(7)10;1-5(2,3)4/h1-4,6,9,13H,5,12H2,(H,14,15);(H4,1,2,3,4)/t9-;/m0./s1. The highest BCUT2D eigenvalue weighted by atomic mass is 31.2. The van der Waals surface area contributed by atoms with Crippen molar-refractivity contribution in [1.29, 1.82) is 0 Å². The zero-order valence-corrected chi connectivity index (χ0v) is 11.3. The van der Waals surface area contributed by atoms with Crippen LogP contribution in [0.2, 0.25) is 0 Å². The number of H-pyrrole nitrogens is 1. The number of aromatic amines is 1. The second kappa shape index (κ2) is 6.65. The van der Waals surface area contributed by atoms with Crippen LogP contribution in [0, 0.1) is 0 Å². The number of hydrogen-bond donors (Lipinski definition) is 6. The summed E-state index contributed by atoms with van der Waals surface area (Å²) in [6.07, 6.45) is 2.16. The van der Waals surface area contributed by atoms with Crippen molar-refractivity contribution in [1.82, 2.24) is 4.98 Å². The topological polar surface area (TPSA) is 163 Å². The molecule has 1 aromatic carbocycles. The van der Waals surface area contributed by atoms with E-state index in [0.717, 1.165) is 16.5 Å². The molecular formula is C11H16N3O5P. The van der Waals surface area contributed by atoms with Gasteiger partial charge in [-0.2, -0.15) is 0 Å². The largest absolute Gasteiger partial charge is 0.480 e. The maximum absolute atomic E-state index is 10.6. The highest BCUT2D eigenvalue weighted by Gasteiger charge is 2.14. The van der Waals surface area contributed by atoms with E-state index in [9.17, 15) is 4.79 Å². The molecule has 9 heteroatoms. The third-order valence-corrected chi connectivity index (χ3v) is 2.43. The van der Waals surface area contributed by atoms with Gasteiger partial charge in [0.2, 0.25) is 0 Å². The normalized spacial score (nSPS) is 12.6. The zero-order chi connectivity index (χ0) is 15.3. The van der Waals surface area contributed by atoms with Gasteiger partial charge in [-0.3, -0.25) is 4.79 Å². The Labute approximate surface area is 114 Å².